The molecule has 0 aromatic rings. The Balaban J connectivity index is 2.14. The second-order valence-corrected chi connectivity index (χ2v) is 7.87. The second-order valence-electron chi connectivity index (χ2n) is 6.27. The van der Waals surface area contributed by atoms with Crippen LogP contribution in [-0.4, -0.2) is 33.9 Å². The molecule has 20 heavy (non-hydrogen) atoms. The third-order valence-corrected chi connectivity index (χ3v) is 5.37. The van der Waals surface area contributed by atoms with E-state index in [0.717, 1.165) is 25.5 Å². The molecule has 0 radical (unpaired) electrons. The van der Waals surface area contributed by atoms with Gasteiger partial charge in [-0.2, -0.15) is 8.42 Å². The summed E-state index contributed by atoms with van der Waals surface area (Å²) in [4.78, 5) is 12.0. The van der Waals surface area contributed by atoms with Gasteiger partial charge in [-0.3, -0.25) is 8.98 Å². The molecule has 0 aromatic heterocycles. The first-order valence-electron chi connectivity index (χ1n) is 7.31. The highest BCUT2D eigenvalue weighted by Gasteiger charge is 2.46. The first kappa shape index (κ1) is 15.8. The third-order valence-electron chi connectivity index (χ3n) is 4.78. The molecule has 2 saturated carbocycles. The maximum Gasteiger partial charge on any atom is 0.311 e. The van der Waals surface area contributed by atoms with Gasteiger partial charge in [-0.25, -0.2) is 0 Å². The van der Waals surface area contributed by atoms with Crippen molar-refractivity contribution in [3.63, 3.8) is 0 Å². The number of hydrogen-bond donors (Lipinski definition) is 0. The minimum atomic E-state index is -3.55. The van der Waals surface area contributed by atoms with Crippen molar-refractivity contribution in [2.75, 3.05) is 13.4 Å². The number of esters is 1. The number of methoxy groups -OCH3 is 1. The molecule has 0 N–H and O–H groups in total. The summed E-state index contributed by atoms with van der Waals surface area (Å²) in [5.41, 5.74) is 0.189. The Morgan fingerprint density at radius 3 is 2.35 bits per heavy atom. The molecule has 2 aliphatic rings. The zero-order chi connectivity index (χ0) is 14.8. The lowest BCUT2D eigenvalue weighted by atomic mass is 9.62. The monoisotopic (exact) mass is 304 g/mol. The van der Waals surface area contributed by atoms with Crippen LogP contribution in [0.1, 0.15) is 51.4 Å². The van der Waals surface area contributed by atoms with E-state index < -0.39 is 22.1 Å². The average molecular weight is 304 g/mol. The molecule has 2 aliphatic carbocycles. The highest BCUT2D eigenvalue weighted by Crippen LogP contribution is 2.50. The second kappa shape index (κ2) is 6.02. The van der Waals surface area contributed by atoms with Crippen LogP contribution >= 0.6 is 0 Å². The van der Waals surface area contributed by atoms with Crippen LogP contribution in [0.2, 0.25) is 0 Å². The fourth-order valence-corrected chi connectivity index (χ4v) is 4.51. The third kappa shape index (κ3) is 3.73. The average Bonchev–Trinajstić information content (AvgIpc) is 2.40. The van der Waals surface area contributed by atoms with Crippen molar-refractivity contribution in [1.82, 2.24) is 0 Å². The molecule has 6 heteroatoms. The lowest BCUT2D eigenvalue weighted by Crippen LogP contribution is -2.43. The fraction of sp³-hybridized carbons (Fsp3) is 0.929. The highest BCUT2D eigenvalue weighted by molar-refractivity contribution is 7.86. The van der Waals surface area contributed by atoms with Crippen LogP contribution in [0.25, 0.3) is 0 Å². The minimum Gasteiger partial charge on any atom is -0.469 e. The van der Waals surface area contributed by atoms with Gasteiger partial charge in [0.15, 0.2) is 0 Å². The van der Waals surface area contributed by atoms with Gasteiger partial charge in [-0.05, 0) is 37.5 Å². The Hall–Kier alpha value is -0.620. The van der Waals surface area contributed by atoms with Crippen molar-refractivity contribution in [3.05, 3.63) is 0 Å². The summed E-state index contributed by atoms with van der Waals surface area (Å²) in [6.45, 7) is 0. The largest absolute Gasteiger partial charge is 0.469 e. The van der Waals surface area contributed by atoms with Crippen LogP contribution in [0.5, 0.6) is 0 Å². The summed E-state index contributed by atoms with van der Waals surface area (Å²) in [6.07, 6.45) is 8.65. The molecule has 2 atom stereocenters. The number of rotatable bonds is 3. The molecule has 1 spiro atoms. The Morgan fingerprint density at radius 2 is 1.80 bits per heavy atom. The maximum absolute atomic E-state index is 12.0. The lowest BCUT2D eigenvalue weighted by molar-refractivity contribution is -0.153. The number of carbonyl (C=O) groups excluding carboxylic acids is 1. The van der Waals surface area contributed by atoms with Crippen LogP contribution in [0.4, 0.5) is 0 Å². The Kier molecular flexibility index (Phi) is 4.74. The Morgan fingerprint density at radius 1 is 1.15 bits per heavy atom. The zero-order valence-corrected chi connectivity index (χ0v) is 13.1. The van der Waals surface area contributed by atoms with Crippen LogP contribution in [0.15, 0.2) is 0 Å². The van der Waals surface area contributed by atoms with E-state index in [1.54, 1.807) is 0 Å². The van der Waals surface area contributed by atoms with Crippen LogP contribution in [-0.2, 0) is 23.8 Å². The summed E-state index contributed by atoms with van der Waals surface area (Å²) >= 11 is 0. The van der Waals surface area contributed by atoms with Crippen molar-refractivity contribution in [3.8, 4) is 0 Å². The van der Waals surface area contributed by atoms with E-state index in [1.807, 2.05) is 0 Å². The van der Waals surface area contributed by atoms with Gasteiger partial charge in [0.2, 0.25) is 0 Å². The van der Waals surface area contributed by atoms with Gasteiger partial charge >= 0.3 is 5.97 Å². The van der Waals surface area contributed by atoms with Crippen molar-refractivity contribution in [2.45, 2.75) is 57.5 Å². The van der Waals surface area contributed by atoms with Crippen LogP contribution < -0.4 is 0 Å². The van der Waals surface area contributed by atoms with Gasteiger partial charge < -0.3 is 4.74 Å². The van der Waals surface area contributed by atoms with Gasteiger partial charge in [0.25, 0.3) is 10.1 Å². The smallest absolute Gasteiger partial charge is 0.311 e. The molecular formula is C14H24O5S. The minimum absolute atomic E-state index is 0.189. The summed E-state index contributed by atoms with van der Waals surface area (Å²) in [7, 11) is -2.20. The normalized spacial score (nSPS) is 30.1. The lowest BCUT2D eigenvalue weighted by Gasteiger charge is -2.45. The molecule has 0 unspecified atom stereocenters. The van der Waals surface area contributed by atoms with E-state index in [1.165, 1.54) is 26.4 Å². The van der Waals surface area contributed by atoms with Crippen molar-refractivity contribution < 1.29 is 22.1 Å². The van der Waals surface area contributed by atoms with Gasteiger partial charge in [-0.15, -0.1) is 0 Å². The molecule has 5 nitrogen and oxygen atoms in total. The molecule has 0 saturated heterocycles. The van der Waals surface area contributed by atoms with Gasteiger partial charge in [0, 0.05) is 0 Å². The van der Waals surface area contributed by atoms with Crippen LogP contribution in [0, 0.1) is 11.3 Å². The van der Waals surface area contributed by atoms with Crippen molar-refractivity contribution >= 4 is 16.1 Å². The van der Waals surface area contributed by atoms with E-state index in [4.69, 9.17) is 8.92 Å². The standard InChI is InChI=1S/C14H24O5S/c1-18-13(15)11-10-14(7-4-3-5-8-14)9-6-12(11)19-20(2,16)17/h11-12H,3-10H2,1-2H3/t11-,12+/m1/s1. The predicted molar refractivity (Wildman–Crippen MR) is 74.6 cm³/mol. The number of carbonyl (C=O) groups is 1. The van der Waals surface area contributed by atoms with E-state index in [2.05, 4.69) is 0 Å². The van der Waals surface area contributed by atoms with Gasteiger partial charge in [-0.1, -0.05) is 19.3 Å². The molecule has 116 valence electrons. The van der Waals surface area contributed by atoms with Gasteiger partial charge in [0.05, 0.1) is 25.4 Å². The summed E-state index contributed by atoms with van der Waals surface area (Å²) in [5.74, 6) is -0.801. The number of hydrogen-bond acceptors (Lipinski definition) is 5. The van der Waals surface area contributed by atoms with E-state index in [0.29, 0.717) is 12.8 Å². The molecule has 0 bridgehead atoms. The Labute approximate surface area is 121 Å². The fourth-order valence-electron chi connectivity index (χ4n) is 3.83. The zero-order valence-electron chi connectivity index (χ0n) is 12.3. The highest BCUT2D eigenvalue weighted by atomic mass is 32.2. The maximum atomic E-state index is 12.0. The first-order valence-corrected chi connectivity index (χ1v) is 9.13. The first-order chi connectivity index (χ1) is 9.35. The molecule has 0 aromatic carbocycles. The van der Waals surface area contributed by atoms with Crippen LogP contribution in [0.3, 0.4) is 0 Å². The molecule has 0 aliphatic heterocycles. The van der Waals surface area contributed by atoms with E-state index in [9.17, 15) is 13.2 Å². The van der Waals surface area contributed by atoms with E-state index in [-0.39, 0.29) is 11.4 Å². The predicted octanol–water partition coefficient (Wildman–Crippen LogP) is 2.25. The molecule has 2 fully saturated rings. The van der Waals surface area contributed by atoms with Gasteiger partial charge in [0.1, 0.15) is 0 Å². The Bertz CT molecular complexity index is 450. The van der Waals surface area contributed by atoms with Crippen molar-refractivity contribution in [1.29, 1.82) is 0 Å². The molecule has 2 rings (SSSR count). The molecule has 0 heterocycles. The summed E-state index contributed by atoms with van der Waals surface area (Å²) in [5, 5.41) is 0. The topological polar surface area (TPSA) is 69.7 Å². The summed E-state index contributed by atoms with van der Waals surface area (Å²) in [6, 6.07) is 0. The van der Waals surface area contributed by atoms with Crippen molar-refractivity contribution in [2.24, 2.45) is 11.3 Å². The summed E-state index contributed by atoms with van der Waals surface area (Å²) < 4.78 is 32.7. The molecular weight excluding hydrogens is 280 g/mol. The van der Waals surface area contributed by atoms with E-state index >= 15 is 0 Å². The quantitative estimate of drug-likeness (QED) is 0.591. The molecule has 0 amide bonds. The number of ether oxygens (including phenoxy) is 1. The SMILES string of the molecule is COC(=O)[C@@H]1CC2(CCCCC2)CC[C@@H]1OS(C)(=O)=O.